The van der Waals surface area contributed by atoms with Crippen molar-refractivity contribution in [3.8, 4) is 11.1 Å². The van der Waals surface area contributed by atoms with Gasteiger partial charge in [0.1, 0.15) is 11.6 Å². The second-order valence-electron chi connectivity index (χ2n) is 5.10. The maximum atomic E-state index is 14.1. The third-order valence-electron chi connectivity index (χ3n) is 3.05. The van der Waals surface area contributed by atoms with Gasteiger partial charge in [-0.3, -0.25) is 0 Å². The minimum atomic E-state index is -1.30. The van der Waals surface area contributed by atoms with Crippen LogP contribution in [0.5, 0.6) is 0 Å². The Hall–Kier alpha value is -1.88. The molecule has 0 saturated carbocycles. The summed E-state index contributed by atoms with van der Waals surface area (Å²) in [5.74, 6) is -4.19. The first-order valence-electron chi connectivity index (χ1n) is 6.55. The topological polar surface area (TPSA) is 12.0 Å². The highest BCUT2D eigenvalue weighted by Crippen LogP contribution is 2.28. The first-order chi connectivity index (χ1) is 9.88. The minimum Gasteiger partial charge on any atom is -0.310 e. The lowest BCUT2D eigenvalue weighted by atomic mass is 10.0. The molecule has 0 saturated heterocycles. The van der Waals surface area contributed by atoms with Crippen molar-refractivity contribution in [3.63, 3.8) is 0 Å². The zero-order chi connectivity index (χ0) is 15.6. The molecule has 112 valence electrons. The van der Waals surface area contributed by atoms with Gasteiger partial charge in [0.25, 0.3) is 0 Å². The standard InChI is InChI=1S/C16H15F4N/c1-9(2)21-8-10-3-4-11(13(17)5-10)12-6-15(19)16(20)7-14(12)18/h3-7,9,21H,8H2,1-2H3. The van der Waals surface area contributed by atoms with Gasteiger partial charge in [0.05, 0.1) is 0 Å². The van der Waals surface area contributed by atoms with Crippen LogP contribution in [0.3, 0.4) is 0 Å². The van der Waals surface area contributed by atoms with Crippen molar-refractivity contribution in [2.24, 2.45) is 0 Å². The molecule has 2 aromatic rings. The second kappa shape index (κ2) is 6.26. The van der Waals surface area contributed by atoms with E-state index in [2.05, 4.69) is 5.32 Å². The van der Waals surface area contributed by atoms with Gasteiger partial charge in [-0.1, -0.05) is 26.0 Å². The molecule has 0 bridgehead atoms. The molecule has 5 heteroatoms. The summed E-state index contributed by atoms with van der Waals surface area (Å²) in [6, 6.07) is 5.56. The Bertz CT molecular complexity index is 653. The smallest absolute Gasteiger partial charge is 0.161 e. The van der Waals surface area contributed by atoms with Crippen molar-refractivity contribution in [3.05, 3.63) is 59.2 Å². The summed E-state index contributed by atoms with van der Waals surface area (Å²) in [5, 5.41) is 3.13. The molecule has 0 amide bonds. The molecule has 1 nitrogen and oxygen atoms in total. The van der Waals surface area contributed by atoms with Gasteiger partial charge in [-0.25, -0.2) is 17.6 Å². The van der Waals surface area contributed by atoms with E-state index in [1.807, 2.05) is 13.8 Å². The van der Waals surface area contributed by atoms with Crippen molar-refractivity contribution in [2.75, 3.05) is 0 Å². The Kier molecular flexibility index (Phi) is 4.63. The highest BCUT2D eigenvalue weighted by molar-refractivity contribution is 5.65. The van der Waals surface area contributed by atoms with Crippen LogP contribution in [-0.2, 0) is 6.54 Å². The molecule has 0 unspecified atom stereocenters. The van der Waals surface area contributed by atoms with Crippen LogP contribution in [0.2, 0.25) is 0 Å². The predicted molar refractivity (Wildman–Crippen MR) is 73.7 cm³/mol. The summed E-state index contributed by atoms with van der Waals surface area (Å²) in [5.41, 5.74) is 0.294. The van der Waals surface area contributed by atoms with E-state index >= 15 is 0 Å². The van der Waals surface area contributed by atoms with Crippen LogP contribution in [-0.4, -0.2) is 6.04 Å². The normalized spacial score (nSPS) is 11.2. The molecule has 21 heavy (non-hydrogen) atoms. The van der Waals surface area contributed by atoms with Gasteiger partial charge in [-0.15, -0.1) is 0 Å². The third-order valence-corrected chi connectivity index (χ3v) is 3.05. The number of nitrogens with one attached hydrogen (secondary N) is 1. The van der Waals surface area contributed by atoms with Gasteiger partial charge in [0.2, 0.25) is 0 Å². The lowest BCUT2D eigenvalue weighted by molar-refractivity contribution is 0.495. The van der Waals surface area contributed by atoms with Crippen molar-refractivity contribution >= 4 is 0 Å². The molecule has 1 N–H and O–H groups in total. The Morgan fingerprint density at radius 1 is 0.810 bits per heavy atom. The Balaban J connectivity index is 2.35. The Labute approximate surface area is 120 Å². The molecule has 0 aliphatic heterocycles. The van der Waals surface area contributed by atoms with E-state index in [0.29, 0.717) is 24.2 Å². The largest absolute Gasteiger partial charge is 0.310 e. The summed E-state index contributed by atoms with van der Waals surface area (Å²) >= 11 is 0. The predicted octanol–water partition coefficient (Wildman–Crippen LogP) is 4.41. The summed E-state index contributed by atoms with van der Waals surface area (Å²) in [6.07, 6.45) is 0. The average molecular weight is 297 g/mol. The van der Waals surface area contributed by atoms with Crippen LogP contribution < -0.4 is 5.32 Å². The van der Waals surface area contributed by atoms with E-state index in [9.17, 15) is 17.6 Å². The number of halogens is 4. The first-order valence-corrected chi connectivity index (χ1v) is 6.55. The summed E-state index contributed by atoms with van der Waals surface area (Å²) < 4.78 is 53.8. The fourth-order valence-electron chi connectivity index (χ4n) is 1.94. The number of hydrogen-bond acceptors (Lipinski definition) is 1. The average Bonchev–Trinajstić information content (AvgIpc) is 2.41. The highest BCUT2D eigenvalue weighted by atomic mass is 19.2. The lowest BCUT2D eigenvalue weighted by Crippen LogP contribution is -2.21. The summed E-state index contributed by atoms with van der Waals surface area (Å²) in [4.78, 5) is 0. The second-order valence-corrected chi connectivity index (χ2v) is 5.10. The van der Waals surface area contributed by atoms with Crippen molar-refractivity contribution in [1.29, 1.82) is 0 Å². The highest BCUT2D eigenvalue weighted by Gasteiger charge is 2.15. The molecule has 0 spiro atoms. The van der Waals surface area contributed by atoms with Gasteiger partial charge in [0, 0.05) is 29.8 Å². The molecular formula is C16H15F4N. The van der Waals surface area contributed by atoms with Crippen LogP contribution in [0.4, 0.5) is 17.6 Å². The first kappa shape index (κ1) is 15.5. The van der Waals surface area contributed by atoms with E-state index < -0.39 is 23.3 Å². The molecule has 0 radical (unpaired) electrons. The van der Waals surface area contributed by atoms with Gasteiger partial charge < -0.3 is 5.32 Å². The molecule has 2 aromatic carbocycles. The van der Waals surface area contributed by atoms with E-state index in [0.717, 1.165) is 0 Å². The zero-order valence-electron chi connectivity index (χ0n) is 11.7. The van der Waals surface area contributed by atoms with Crippen LogP contribution >= 0.6 is 0 Å². The van der Waals surface area contributed by atoms with Gasteiger partial charge in [-0.2, -0.15) is 0 Å². The maximum absolute atomic E-state index is 14.1. The molecular weight excluding hydrogens is 282 g/mol. The quantitative estimate of drug-likeness (QED) is 0.651. The molecule has 0 fully saturated rings. The fourth-order valence-corrected chi connectivity index (χ4v) is 1.94. The number of rotatable bonds is 4. The maximum Gasteiger partial charge on any atom is 0.161 e. The van der Waals surface area contributed by atoms with Crippen molar-refractivity contribution < 1.29 is 17.6 Å². The minimum absolute atomic E-state index is 0.0975. The molecule has 0 aliphatic rings. The molecule has 0 aliphatic carbocycles. The zero-order valence-corrected chi connectivity index (χ0v) is 11.7. The van der Waals surface area contributed by atoms with Crippen LogP contribution in [0.1, 0.15) is 19.4 Å². The molecule has 2 rings (SSSR count). The Morgan fingerprint density at radius 3 is 2.05 bits per heavy atom. The number of hydrogen-bond donors (Lipinski definition) is 1. The van der Waals surface area contributed by atoms with Gasteiger partial charge in [0.15, 0.2) is 11.6 Å². The van der Waals surface area contributed by atoms with E-state index in [1.165, 1.54) is 12.1 Å². The van der Waals surface area contributed by atoms with Gasteiger partial charge in [-0.05, 0) is 17.7 Å². The summed E-state index contributed by atoms with van der Waals surface area (Å²) in [7, 11) is 0. The molecule has 0 atom stereocenters. The van der Waals surface area contributed by atoms with Crippen LogP contribution in [0, 0.1) is 23.3 Å². The van der Waals surface area contributed by atoms with Crippen LogP contribution in [0.25, 0.3) is 11.1 Å². The third kappa shape index (κ3) is 3.61. The van der Waals surface area contributed by atoms with Crippen molar-refractivity contribution in [2.45, 2.75) is 26.4 Å². The summed E-state index contributed by atoms with van der Waals surface area (Å²) in [6.45, 7) is 4.39. The van der Waals surface area contributed by atoms with E-state index in [4.69, 9.17) is 0 Å². The fraction of sp³-hybridized carbons (Fsp3) is 0.250. The SMILES string of the molecule is CC(C)NCc1ccc(-c2cc(F)c(F)cc2F)c(F)c1. The van der Waals surface area contributed by atoms with E-state index in [1.54, 1.807) is 6.07 Å². The van der Waals surface area contributed by atoms with Gasteiger partial charge >= 0.3 is 0 Å². The lowest BCUT2D eigenvalue weighted by Gasteiger charge is -2.10. The monoisotopic (exact) mass is 297 g/mol. The number of benzene rings is 2. The van der Waals surface area contributed by atoms with E-state index in [-0.39, 0.29) is 17.2 Å². The molecule has 0 aromatic heterocycles. The molecule has 0 heterocycles. The Morgan fingerprint density at radius 2 is 1.43 bits per heavy atom. The van der Waals surface area contributed by atoms with Crippen LogP contribution in [0.15, 0.2) is 30.3 Å². The van der Waals surface area contributed by atoms with Crippen molar-refractivity contribution in [1.82, 2.24) is 5.32 Å².